The van der Waals surface area contributed by atoms with Gasteiger partial charge in [-0.05, 0) is 19.4 Å². The SMILES string of the molecule is CCc1cc(CNCCC(N)=O)n(CC)n1. The second kappa shape index (κ2) is 6.27. The molecule has 0 aromatic carbocycles. The van der Waals surface area contributed by atoms with Crippen molar-refractivity contribution in [1.82, 2.24) is 15.1 Å². The van der Waals surface area contributed by atoms with Gasteiger partial charge < -0.3 is 11.1 Å². The molecule has 0 unspecified atom stereocenters. The second-order valence-corrected chi connectivity index (χ2v) is 3.69. The molecule has 0 aliphatic rings. The van der Waals surface area contributed by atoms with Crippen LogP contribution in [-0.2, 0) is 24.3 Å². The highest BCUT2D eigenvalue weighted by Crippen LogP contribution is 2.05. The summed E-state index contributed by atoms with van der Waals surface area (Å²) in [6, 6.07) is 2.10. The van der Waals surface area contributed by atoms with Crippen LogP contribution in [-0.4, -0.2) is 22.2 Å². The maximum absolute atomic E-state index is 10.5. The monoisotopic (exact) mass is 224 g/mol. The molecular formula is C11H20N4O. The third-order valence-corrected chi connectivity index (χ3v) is 2.43. The summed E-state index contributed by atoms with van der Waals surface area (Å²) in [5.74, 6) is -0.272. The van der Waals surface area contributed by atoms with Crippen molar-refractivity contribution in [2.75, 3.05) is 6.54 Å². The summed E-state index contributed by atoms with van der Waals surface area (Å²) < 4.78 is 1.98. The van der Waals surface area contributed by atoms with Gasteiger partial charge in [0.05, 0.1) is 11.4 Å². The van der Waals surface area contributed by atoms with Crippen LogP contribution in [0.2, 0.25) is 0 Å². The number of hydrogen-bond donors (Lipinski definition) is 2. The minimum Gasteiger partial charge on any atom is -0.370 e. The highest BCUT2D eigenvalue weighted by molar-refractivity contribution is 5.73. The normalized spacial score (nSPS) is 10.6. The fraction of sp³-hybridized carbons (Fsp3) is 0.636. The van der Waals surface area contributed by atoms with Gasteiger partial charge in [0.2, 0.25) is 5.91 Å². The Morgan fingerprint density at radius 1 is 1.56 bits per heavy atom. The second-order valence-electron chi connectivity index (χ2n) is 3.69. The lowest BCUT2D eigenvalue weighted by atomic mass is 10.3. The van der Waals surface area contributed by atoms with E-state index in [4.69, 9.17) is 5.73 Å². The molecule has 0 saturated heterocycles. The molecule has 1 heterocycles. The first-order valence-corrected chi connectivity index (χ1v) is 5.72. The molecule has 90 valence electrons. The third-order valence-electron chi connectivity index (χ3n) is 2.43. The van der Waals surface area contributed by atoms with Crippen molar-refractivity contribution in [1.29, 1.82) is 0 Å². The van der Waals surface area contributed by atoms with E-state index in [1.807, 2.05) is 4.68 Å². The van der Waals surface area contributed by atoms with Crippen molar-refractivity contribution in [2.24, 2.45) is 5.73 Å². The Labute approximate surface area is 96.0 Å². The predicted octanol–water partition coefficient (Wildman–Crippen LogP) is 0.430. The van der Waals surface area contributed by atoms with Gasteiger partial charge in [-0.1, -0.05) is 6.92 Å². The van der Waals surface area contributed by atoms with Crippen molar-refractivity contribution in [3.8, 4) is 0 Å². The van der Waals surface area contributed by atoms with E-state index in [0.717, 1.165) is 30.9 Å². The molecule has 0 saturated carbocycles. The summed E-state index contributed by atoms with van der Waals surface area (Å²) in [6.07, 6.45) is 1.32. The molecule has 1 aromatic heterocycles. The number of hydrogen-bond acceptors (Lipinski definition) is 3. The van der Waals surface area contributed by atoms with Crippen LogP contribution < -0.4 is 11.1 Å². The molecule has 0 fully saturated rings. The van der Waals surface area contributed by atoms with Crippen molar-refractivity contribution in [2.45, 2.75) is 39.8 Å². The lowest BCUT2D eigenvalue weighted by Crippen LogP contribution is -2.22. The Morgan fingerprint density at radius 3 is 2.88 bits per heavy atom. The van der Waals surface area contributed by atoms with Crippen molar-refractivity contribution < 1.29 is 4.79 Å². The Kier molecular flexibility index (Phi) is 4.98. The smallest absolute Gasteiger partial charge is 0.218 e. The van der Waals surface area contributed by atoms with E-state index in [2.05, 4.69) is 30.3 Å². The Morgan fingerprint density at radius 2 is 2.31 bits per heavy atom. The zero-order valence-electron chi connectivity index (χ0n) is 9.99. The zero-order chi connectivity index (χ0) is 12.0. The van der Waals surface area contributed by atoms with E-state index in [9.17, 15) is 4.79 Å². The number of primary amides is 1. The van der Waals surface area contributed by atoms with Crippen LogP contribution in [0.15, 0.2) is 6.07 Å². The number of nitrogens with one attached hydrogen (secondary N) is 1. The topological polar surface area (TPSA) is 72.9 Å². The van der Waals surface area contributed by atoms with Gasteiger partial charge in [-0.25, -0.2) is 0 Å². The number of amides is 1. The lowest BCUT2D eigenvalue weighted by Gasteiger charge is -2.05. The van der Waals surface area contributed by atoms with Crippen molar-refractivity contribution in [3.05, 3.63) is 17.5 Å². The average Bonchev–Trinajstić information content (AvgIpc) is 2.66. The van der Waals surface area contributed by atoms with Crippen molar-refractivity contribution in [3.63, 3.8) is 0 Å². The number of aryl methyl sites for hydroxylation is 2. The molecule has 1 rings (SSSR count). The fourth-order valence-corrected chi connectivity index (χ4v) is 1.53. The zero-order valence-corrected chi connectivity index (χ0v) is 9.99. The minimum atomic E-state index is -0.272. The van der Waals surface area contributed by atoms with Gasteiger partial charge in [0.1, 0.15) is 0 Å². The molecular weight excluding hydrogens is 204 g/mol. The summed E-state index contributed by atoms with van der Waals surface area (Å²) in [6.45, 7) is 6.37. The summed E-state index contributed by atoms with van der Waals surface area (Å²) in [5, 5.41) is 7.63. The molecule has 0 radical (unpaired) electrons. The minimum absolute atomic E-state index is 0.272. The number of rotatable bonds is 7. The Balaban J connectivity index is 2.45. The first-order chi connectivity index (χ1) is 7.67. The summed E-state index contributed by atoms with van der Waals surface area (Å²) in [4.78, 5) is 10.5. The summed E-state index contributed by atoms with van der Waals surface area (Å²) >= 11 is 0. The van der Waals surface area contributed by atoms with Crippen LogP contribution >= 0.6 is 0 Å². The van der Waals surface area contributed by atoms with Gasteiger partial charge in [-0.3, -0.25) is 9.48 Å². The Hall–Kier alpha value is -1.36. The highest BCUT2D eigenvalue weighted by atomic mass is 16.1. The maximum Gasteiger partial charge on any atom is 0.218 e. The average molecular weight is 224 g/mol. The molecule has 0 bridgehead atoms. The number of carbonyl (C=O) groups excluding carboxylic acids is 1. The first kappa shape index (κ1) is 12.7. The predicted molar refractivity (Wildman–Crippen MR) is 62.8 cm³/mol. The van der Waals surface area contributed by atoms with Crippen LogP contribution in [0.5, 0.6) is 0 Å². The first-order valence-electron chi connectivity index (χ1n) is 5.72. The molecule has 5 heteroatoms. The van der Waals surface area contributed by atoms with Crippen LogP contribution in [0.25, 0.3) is 0 Å². The van der Waals surface area contributed by atoms with Gasteiger partial charge in [-0.2, -0.15) is 5.10 Å². The molecule has 0 aliphatic carbocycles. The number of carbonyl (C=O) groups is 1. The van der Waals surface area contributed by atoms with Gasteiger partial charge in [0, 0.05) is 26.1 Å². The van der Waals surface area contributed by atoms with E-state index >= 15 is 0 Å². The lowest BCUT2D eigenvalue weighted by molar-refractivity contribution is -0.117. The standard InChI is InChI=1S/C11H20N4O/c1-3-9-7-10(15(4-2)14-9)8-13-6-5-11(12)16/h7,13H,3-6,8H2,1-2H3,(H2,12,16). The molecule has 1 aromatic rings. The van der Waals surface area contributed by atoms with Crippen molar-refractivity contribution >= 4 is 5.91 Å². The highest BCUT2D eigenvalue weighted by Gasteiger charge is 2.04. The van der Waals surface area contributed by atoms with E-state index in [1.54, 1.807) is 0 Å². The van der Waals surface area contributed by atoms with Gasteiger partial charge in [0.25, 0.3) is 0 Å². The van der Waals surface area contributed by atoms with E-state index in [0.29, 0.717) is 13.0 Å². The quantitative estimate of drug-likeness (QED) is 0.660. The molecule has 0 atom stereocenters. The van der Waals surface area contributed by atoms with Crippen LogP contribution in [0.3, 0.4) is 0 Å². The van der Waals surface area contributed by atoms with Crippen LogP contribution in [0, 0.1) is 0 Å². The van der Waals surface area contributed by atoms with E-state index in [1.165, 1.54) is 0 Å². The number of nitrogens with zero attached hydrogens (tertiary/aromatic N) is 2. The van der Waals surface area contributed by atoms with Gasteiger partial charge in [0.15, 0.2) is 0 Å². The van der Waals surface area contributed by atoms with Crippen LogP contribution in [0.1, 0.15) is 31.7 Å². The molecule has 5 nitrogen and oxygen atoms in total. The van der Waals surface area contributed by atoms with Gasteiger partial charge >= 0.3 is 0 Å². The van der Waals surface area contributed by atoms with E-state index < -0.39 is 0 Å². The molecule has 3 N–H and O–H groups in total. The number of aromatic nitrogens is 2. The summed E-state index contributed by atoms with van der Waals surface area (Å²) in [5.41, 5.74) is 7.32. The third kappa shape index (κ3) is 3.66. The molecule has 16 heavy (non-hydrogen) atoms. The van der Waals surface area contributed by atoms with Crippen LogP contribution in [0.4, 0.5) is 0 Å². The molecule has 1 amide bonds. The Bertz CT molecular complexity index is 346. The summed E-state index contributed by atoms with van der Waals surface area (Å²) in [7, 11) is 0. The molecule has 0 aliphatic heterocycles. The van der Waals surface area contributed by atoms with E-state index in [-0.39, 0.29) is 5.91 Å². The molecule has 0 spiro atoms. The fourth-order valence-electron chi connectivity index (χ4n) is 1.53. The number of nitrogens with two attached hydrogens (primary N) is 1. The largest absolute Gasteiger partial charge is 0.370 e. The maximum atomic E-state index is 10.5. The van der Waals surface area contributed by atoms with Gasteiger partial charge in [-0.15, -0.1) is 0 Å².